The Bertz CT molecular complexity index is 839. The monoisotopic (exact) mass is 345 g/mol. The topological polar surface area (TPSA) is 63.3 Å². The van der Waals surface area contributed by atoms with Crippen molar-refractivity contribution in [2.75, 3.05) is 0 Å². The van der Waals surface area contributed by atoms with Crippen LogP contribution in [0.4, 0.5) is 0 Å². The molecule has 0 aliphatic rings. The summed E-state index contributed by atoms with van der Waals surface area (Å²) >= 11 is 3.44. The predicted octanol–water partition coefficient (Wildman–Crippen LogP) is 4.52. The van der Waals surface area contributed by atoms with E-state index >= 15 is 0 Å². The van der Waals surface area contributed by atoms with Crippen molar-refractivity contribution in [2.45, 2.75) is 13.3 Å². The lowest BCUT2D eigenvalue weighted by Gasteiger charge is -2.01. The molecule has 0 saturated carbocycles. The molecule has 0 aliphatic carbocycles. The van der Waals surface area contributed by atoms with E-state index in [1.165, 1.54) is 0 Å². The fourth-order valence-electron chi connectivity index (χ4n) is 2.23. The number of carboxylic acids is 1. The van der Waals surface area contributed by atoms with Crippen LogP contribution in [0.5, 0.6) is 0 Å². The molecule has 0 spiro atoms. The molecule has 0 amide bonds. The molecule has 0 unspecified atom stereocenters. The number of benzene rings is 2. The van der Waals surface area contributed by atoms with Crippen LogP contribution in [-0.4, -0.2) is 16.1 Å². The Balaban J connectivity index is 2.12. The molecule has 1 heterocycles. The molecule has 1 N–H and O–H groups in total. The van der Waals surface area contributed by atoms with Crippen LogP contribution in [0, 0.1) is 0 Å². The van der Waals surface area contributed by atoms with Crippen LogP contribution < -0.4 is 0 Å². The highest BCUT2D eigenvalue weighted by Crippen LogP contribution is 2.27. The average Bonchev–Trinajstić information content (AvgIpc) is 2.91. The second-order valence-electron chi connectivity index (χ2n) is 4.66. The summed E-state index contributed by atoms with van der Waals surface area (Å²) in [7, 11) is 0. The Morgan fingerprint density at radius 1 is 1.24 bits per heavy atom. The molecule has 2 aromatic carbocycles. The molecule has 0 saturated heterocycles. The van der Waals surface area contributed by atoms with Gasteiger partial charge < -0.3 is 9.52 Å². The van der Waals surface area contributed by atoms with Crippen molar-refractivity contribution in [3.05, 3.63) is 52.3 Å². The Labute approximate surface area is 129 Å². The van der Waals surface area contributed by atoms with Gasteiger partial charge in [-0.1, -0.05) is 35.0 Å². The number of rotatable bonds is 3. The van der Waals surface area contributed by atoms with Crippen molar-refractivity contribution >= 4 is 32.7 Å². The van der Waals surface area contributed by atoms with Gasteiger partial charge in [-0.25, -0.2) is 9.78 Å². The largest absolute Gasteiger partial charge is 0.475 e. The van der Waals surface area contributed by atoms with E-state index < -0.39 is 5.97 Å². The number of nitrogens with zero attached hydrogens (tertiary/aromatic N) is 1. The third-order valence-corrected chi connectivity index (χ3v) is 3.77. The summed E-state index contributed by atoms with van der Waals surface area (Å²) in [6, 6.07) is 11.8. The SMILES string of the molecule is CCc1nc(-c2ccc3cc(Br)ccc3c2)oc1C(=O)O. The number of aromatic carboxylic acids is 1. The van der Waals surface area contributed by atoms with Crippen molar-refractivity contribution in [2.24, 2.45) is 0 Å². The standard InChI is InChI=1S/C16H12BrNO3/c1-2-13-14(16(19)20)21-15(18-13)11-4-3-10-8-12(17)6-5-9(10)7-11/h3-8H,2H2,1H3,(H,19,20). The molecule has 106 valence electrons. The van der Waals surface area contributed by atoms with Gasteiger partial charge in [0.15, 0.2) is 0 Å². The third kappa shape index (κ3) is 2.56. The molecule has 21 heavy (non-hydrogen) atoms. The van der Waals surface area contributed by atoms with Gasteiger partial charge in [0, 0.05) is 10.0 Å². The highest BCUT2D eigenvalue weighted by atomic mass is 79.9. The molecular formula is C16H12BrNO3. The minimum atomic E-state index is -1.09. The van der Waals surface area contributed by atoms with E-state index in [1.807, 2.05) is 43.3 Å². The molecule has 5 heteroatoms. The summed E-state index contributed by atoms with van der Waals surface area (Å²) in [6.45, 7) is 1.85. The fourth-order valence-corrected chi connectivity index (χ4v) is 2.61. The lowest BCUT2D eigenvalue weighted by atomic mass is 10.1. The zero-order valence-corrected chi connectivity index (χ0v) is 12.8. The van der Waals surface area contributed by atoms with Crippen molar-refractivity contribution < 1.29 is 14.3 Å². The second-order valence-corrected chi connectivity index (χ2v) is 5.58. The van der Waals surface area contributed by atoms with Crippen LogP contribution in [-0.2, 0) is 6.42 Å². The Hall–Kier alpha value is -2.14. The summed E-state index contributed by atoms with van der Waals surface area (Å²) in [5.41, 5.74) is 1.24. The number of carbonyl (C=O) groups is 1. The lowest BCUT2D eigenvalue weighted by Crippen LogP contribution is -1.98. The highest BCUT2D eigenvalue weighted by Gasteiger charge is 2.19. The number of oxazole rings is 1. The van der Waals surface area contributed by atoms with E-state index in [-0.39, 0.29) is 5.76 Å². The first-order chi connectivity index (χ1) is 10.1. The Morgan fingerprint density at radius 3 is 2.62 bits per heavy atom. The van der Waals surface area contributed by atoms with Crippen LogP contribution >= 0.6 is 15.9 Å². The maximum absolute atomic E-state index is 11.1. The number of carboxylic acid groups (broad SMARTS) is 1. The molecule has 0 atom stereocenters. The van der Waals surface area contributed by atoms with Gasteiger partial charge in [-0.2, -0.15) is 0 Å². The molecule has 0 radical (unpaired) electrons. The molecular weight excluding hydrogens is 334 g/mol. The molecule has 0 fully saturated rings. The fraction of sp³-hybridized carbons (Fsp3) is 0.125. The first-order valence-corrected chi connectivity index (χ1v) is 7.30. The zero-order valence-electron chi connectivity index (χ0n) is 11.3. The van der Waals surface area contributed by atoms with Crippen LogP contribution in [0.15, 0.2) is 45.3 Å². The molecule has 3 rings (SSSR count). The maximum atomic E-state index is 11.1. The lowest BCUT2D eigenvalue weighted by molar-refractivity contribution is 0.0662. The number of hydrogen-bond donors (Lipinski definition) is 1. The van der Waals surface area contributed by atoms with Gasteiger partial charge in [-0.05, 0) is 41.5 Å². The maximum Gasteiger partial charge on any atom is 0.373 e. The molecule has 0 bridgehead atoms. The van der Waals surface area contributed by atoms with Gasteiger partial charge >= 0.3 is 5.97 Å². The van der Waals surface area contributed by atoms with Gasteiger partial charge in [0.05, 0.1) is 5.69 Å². The van der Waals surface area contributed by atoms with Crippen LogP contribution in [0.3, 0.4) is 0 Å². The first kappa shape index (κ1) is 13.8. The van der Waals surface area contributed by atoms with Gasteiger partial charge in [0.1, 0.15) is 0 Å². The van der Waals surface area contributed by atoms with Gasteiger partial charge in [0.2, 0.25) is 11.7 Å². The molecule has 4 nitrogen and oxygen atoms in total. The average molecular weight is 346 g/mol. The van der Waals surface area contributed by atoms with E-state index in [0.29, 0.717) is 18.0 Å². The number of halogens is 1. The first-order valence-electron chi connectivity index (χ1n) is 6.51. The van der Waals surface area contributed by atoms with E-state index in [1.54, 1.807) is 0 Å². The van der Waals surface area contributed by atoms with Crippen molar-refractivity contribution in [3.63, 3.8) is 0 Å². The van der Waals surface area contributed by atoms with Crippen LogP contribution in [0.25, 0.3) is 22.2 Å². The van der Waals surface area contributed by atoms with Crippen molar-refractivity contribution in [1.82, 2.24) is 4.98 Å². The van der Waals surface area contributed by atoms with E-state index in [9.17, 15) is 4.79 Å². The minimum Gasteiger partial charge on any atom is -0.475 e. The van der Waals surface area contributed by atoms with Gasteiger partial charge in [-0.3, -0.25) is 0 Å². The second kappa shape index (κ2) is 5.33. The summed E-state index contributed by atoms with van der Waals surface area (Å²) in [5.74, 6) is -0.826. The number of aryl methyl sites for hydroxylation is 1. The van der Waals surface area contributed by atoms with Crippen LogP contribution in [0.2, 0.25) is 0 Å². The molecule has 1 aromatic heterocycles. The third-order valence-electron chi connectivity index (χ3n) is 3.28. The summed E-state index contributed by atoms with van der Waals surface area (Å²) in [6.07, 6.45) is 0.520. The number of hydrogen-bond acceptors (Lipinski definition) is 3. The molecule has 3 aromatic rings. The molecule has 0 aliphatic heterocycles. The Kier molecular flexibility index (Phi) is 3.51. The van der Waals surface area contributed by atoms with E-state index in [4.69, 9.17) is 9.52 Å². The quantitative estimate of drug-likeness (QED) is 0.757. The summed E-state index contributed by atoms with van der Waals surface area (Å²) < 4.78 is 6.42. The van der Waals surface area contributed by atoms with Gasteiger partial charge in [0.25, 0.3) is 0 Å². The Morgan fingerprint density at radius 2 is 1.95 bits per heavy atom. The number of fused-ring (bicyclic) bond motifs is 1. The minimum absolute atomic E-state index is 0.0802. The number of aromatic nitrogens is 1. The van der Waals surface area contributed by atoms with Gasteiger partial charge in [-0.15, -0.1) is 0 Å². The zero-order chi connectivity index (χ0) is 15.0. The van der Waals surface area contributed by atoms with E-state index in [2.05, 4.69) is 20.9 Å². The smallest absolute Gasteiger partial charge is 0.373 e. The van der Waals surface area contributed by atoms with Crippen molar-refractivity contribution in [3.8, 4) is 11.5 Å². The highest BCUT2D eigenvalue weighted by molar-refractivity contribution is 9.10. The predicted molar refractivity (Wildman–Crippen MR) is 83.5 cm³/mol. The van der Waals surface area contributed by atoms with Crippen molar-refractivity contribution in [1.29, 1.82) is 0 Å². The van der Waals surface area contributed by atoms with E-state index in [0.717, 1.165) is 20.8 Å². The normalized spacial score (nSPS) is 11.0. The van der Waals surface area contributed by atoms with Crippen LogP contribution in [0.1, 0.15) is 23.2 Å². The summed E-state index contributed by atoms with van der Waals surface area (Å²) in [5, 5.41) is 11.3. The summed E-state index contributed by atoms with van der Waals surface area (Å²) in [4.78, 5) is 15.4.